The monoisotopic (exact) mass is 139 g/mol. The van der Waals surface area contributed by atoms with Crippen LogP contribution in [0, 0.1) is 11.3 Å². The van der Waals surface area contributed by atoms with Crippen LogP contribution in [0.15, 0.2) is 0 Å². The fraction of sp³-hybridized carbons (Fsp3) is 0.667. The van der Waals surface area contributed by atoms with Gasteiger partial charge in [0.1, 0.15) is 6.07 Å². The summed E-state index contributed by atoms with van der Waals surface area (Å²) in [5, 5.41) is 7.96. The molecule has 0 aromatic carbocycles. The maximum Gasteiger partial charge on any atom is 0.307 e. The predicted octanol–water partition coefficient (Wildman–Crippen LogP) is 1.29. The van der Waals surface area contributed by atoms with Gasteiger partial charge in [-0.25, -0.2) is 0 Å². The number of ether oxygens (including phenoxy) is 1. The minimum atomic E-state index is -1.67. The first-order valence-electron chi connectivity index (χ1n) is 1.46. The van der Waals surface area contributed by atoms with Crippen LogP contribution in [0.3, 0.4) is 0 Å². The molecule has 0 amide bonds. The van der Waals surface area contributed by atoms with Crippen LogP contribution >= 0.6 is 23.2 Å². The van der Waals surface area contributed by atoms with E-state index in [4.69, 9.17) is 28.5 Å². The lowest BCUT2D eigenvalue weighted by Crippen LogP contribution is -2.10. The maximum absolute atomic E-state index is 7.96. The van der Waals surface area contributed by atoms with E-state index in [-0.39, 0.29) is 0 Å². The van der Waals surface area contributed by atoms with Crippen molar-refractivity contribution in [3.8, 4) is 6.07 Å². The molecular weight excluding hydrogens is 137 g/mol. The molecule has 0 heterocycles. The zero-order valence-electron chi connectivity index (χ0n) is 3.61. The Bertz CT molecular complexity index is 95.6. The van der Waals surface area contributed by atoms with E-state index in [0.29, 0.717) is 0 Å². The first-order valence-corrected chi connectivity index (χ1v) is 2.22. The highest BCUT2D eigenvalue weighted by atomic mass is 35.5. The third kappa shape index (κ3) is 2.69. The number of alkyl halides is 2. The Morgan fingerprint density at radius 3 is 2.14 bits per heavy atom. The summed E-state index contributed by atoms with van der Waals surface area (Å²) in [5.74, 6) is 0. The number of nitriles is 1. The van der Waals surface area contributed by atoms with Gasteiger partial charge in [-0.1, -0.05) is 23.2 Å². The van der Waals surface area contributed by atoms with Crippen molar-refractivity contribution < 1.29 is 4.74 Å². The fourth-order valence-electron chi connectivity index (χ4n) is 0.0456. The average molecular weight is 140 g/mol. The van der Waals surface area contributed by atoms with Gasteiger partial charge in [0.05, 0.1) is 0 Å². The van der Waals surface area contributed by atoms with Gasteiger partial charge in [0.2, 0.25) is 0 Å². The van der Waals surface area contributed by atoms with Crippen LogP contribution in [0.25, 0.3) is 0 Å². The number of hydrogen-bond acceptors (Lipinski definition) is 2. The first-order chi connectivity index (χ1) is 3.12. The lowest BCUT2D eigenvalue weighted by molar-refractivity contribution is 0.176. The first kappa shape index (κ1) is 7.03. The summed E-state index contributed by atoms with van der Waals surface area (Å²) in [6.07, 6.45) is 0. The molecule has 0 aliphatic rings. The minimum Gasteiger partial charge on any atom is -0.339 e. The van der Waals surface area contributed by atoms with E-state index in [1.54, 1.807) is 0 Å². The molecule has 0 bridgehead atoms. The van der Waals surface area contributed by atoms with E-state index >= 15 is 0 Å². The Morgan fingerprint density at radius 2 is 2.14 bits per heavy atom. The summed E-state index contributed by atoms with van der Waals surface area (Å²) in [7, 11) is 1.25. The van der Waals surface area contributed by atoms with Crippen molar-refractivity contribution in [2.24, 2.45) is 0 Å². The Morgan fingerprint density at radius 1 is 1.71 bits per heavy atom. The summed E-state index contributed by atoms with van der Waals surface area (Å²) >= 11 is 10.2. The molecule has 4 heteroatoms. The quantitative estimate of drug-likeness (QED) is 0.514. The Kier molecular flexibility index (Phi) is 2.38. The van der Waals surface area contributed by atoms with Gasteiger partial charge in [-0.3, -0.25) is 0 Å². The van der Waals surface area contributed by atoms with E-state index in [1.807, 2.05) is 0 Å². The zero-order valence-corrected chi connectivity index (χ0v) is 5.12. The van der Waals surface area contributed by atoms with Gasteiger partial charge in [-0.2, -0.15) is 5.26 Å². The largest absolute Gasteiger partial charge is 0.339 e. The molecule has 2 nitrogen and oxygen atoms in total. The number of rotatable bonds is 1. The lowest BCUT2D eigenvalue weighted by Gasteiger charge is -2.03. The molecule has 0 unspecified atom stereocenters. The van der Waals surface area contributed by atoms with Crippen LogP contribution in [0.4, 0.5) is 0 Å². The normalized spacial score (nSPS) is 10.6. The molecule has 0 N–H and O–H groups in total. The number of halogens is 2. The lowest BCUT2D eigenvalue weighted by atomic mass is 10.8. The zero-order chi connectivity index (χ0) is 5.91. The molecule has 0 fully saturated rings. The summed E-state index contributed by atoms with van der Waals surface area (Å²) in [6.45, 7) is 0. The van der Waals surface area contributed by atoms with Gasteiger partial charge in [0, 0.05) is 7.11 Å². The van der Waals surface area contributed by atoms with Gasteiger partial charge in [0.25, 0.3) is 0 Å². The van der Waals surface area contributed by atoms with Crippen molar-refractivity contribution in [3.05, 3.63) is 0 Å². The van der Waals surface area contributed by atoms with Gasteiger partial charge >= 0.3 is 4.52 Å². The summed E-state index contributed by atoms with van der Waals surface area (Å²) in [5.41, 5.74) is 0. The van der Waals surface area contributed by atoms with Crippen LogP contribution in [-0.2, 0) is 4.74 Å². The molecule has 0 saturated heterocycles. The van der Waals surface area contributed by atoms with Crippen molar-refractivity contribution in [1.82, 2.24) is 0 Å². The van der Waals surface area contributed by atoms with Crippen LogP contribution in [0.1, 0.15) is 0 Å². The Labute approximate surface area is 51.6 Å². The minimum absolute atomic E-state index is 1.25. The summed E-state index contributed by atoms with van der Waals surface area (Å²) in [6, 6.07) is 1.50. The Balaban J connectivity index is 3.66. The van der Waals surface area contributed by atoms with Crippen LogP contribution in [-0.4, -0.2) is 11.6 Å². The molecule has 0 radical (unpaired) electrons. The highest BCUT2D eigenvalue weighted by Crippen LogP contribution is 2.18. The van der Waals surface area contributed by atoms with E-state index < -0.39 is 4.52 Å². The fourth-order valence-corrected chi connectivity index (χ4v) is 0.0456. The van der Waals surface area contributed by atoms with E-state index in [9.17, 15) is 0 Å². The van der Waals surface area contributed by atoms with Crippen molar-refractivity contribution in [1.29, 1.82) is 5.26 Å². The second kappa shape index (κ2) is 2.37. The second-order valence-corrected chi connectivity index (χ2v) is 2.09. The average Bonchev–Trinajstić information content (AvgIpc) is 1.68. The molecule has 7 heavy (non-hydrogen) atoms. The molecular formula is C3H3Cl2NO. The number of nitrogens with zero attached hydrogens (tertiary/aromatic N) is 1. The molecule has 0 aromatic rings. The Hall–Kier alpha value is 0.0300. The molecule has 0 rings (SSSR count). The molecule has 0 aliphatic heterocycles. The van der Waals surface area contributed by atoms with Crippen molar-refractivity contribution >= 4 is 23.2 Å². The van der Waals surface area contributed by atoms with Gasteiger partial charge < -0.3 is 4.74 Å². The van der Waals surface area contributed by atoms with Gasteiger partial charge in [0.15, 0.2) is 0 Å². The van der Waals surface area contributed by atoms with E-state index in [2.05, 4.69) is 4.74 Å². The predicted molar refractivity (Wildman–Crippen MR) is 27.1 cm³/mol. The molecule has 0 aromatic heterocycles. The van der Waals surface area contributed by atoms with Crippen LogP contribution in [0.2, 0.25) is 0 Å². The van der Waals surface area contributed by atoms with Gasteiger partial charge in [-0.15, -0.1) is 0 Å². The summed E-state index contributed by atoms with van der Waals surface area (Å²) in [4.78, 5) is 0. The highest BCUT2D eigenvalue weighted by molar-refractivity contribution is 6.49. The van der Waals surface area contributed by atoms with Crippen LogP contribution < -0.4 is 0 Å². The third-order valence-corrected chi connectivity index (χ3v) is 0.864. The number of hydrogen-bond donors (Lipinski definition) is 0. The molecule has 0 atom stereocenters. The van der Waals surface area contributed by atoms with Gasteiger partial charge in [-0.05, 0) is 0 Å². The number of methoxy groups -OCH3 is 1. The topological polar surface area (TPSA) is 33.0 Å². The smallest absolute Gasteiger partial charge is 0.307 e. The molecule has 0 spiro atoms. The third-order valence-electron chi connectivity index (χ3n) is 0.387. The van der Waals surface area contributed by atoms with Crippen molar-refractivity contribution in [3.63, 3.8) is 0 Å². The van der Waals surface area contributed by atoms with Crippen LogP contribution in [0.5, 0.6) is 0 Å². The molecule has 0 saturated carbocycles. The summed E-state index contributed by atoms with van der Waals surface area (Å²) < 4.78 is 2.59. The highest BCUT2D eigenvalue weighted by Gasteiger charge is 2.20. The maximum atomic E-state index is 7.96. The second-order valence-electron chi connectivity index (χ2n) is 0.833. The van der Waals surface area contributed by atoms with E-state index in [0.717, 1.165) is 0 Å². The molecule has 40 valence electrons. The SMILES string of the molecule is COC(Cl)(Cl)C#N. The van der Waals surface area contributed by atoms with Crippen molar-refractivity contribution in [2.45, 2.75) is 4.52 Å². The standard InChI is InChI=1S/C3H3Cl2NO/c1-7-3(4,5)2-6/h1H3. The molecule has 0 aliphatic carbocycles. The van der Waals surface area contributed by atoms with E-state index in [1.165, 1.54) is 13.2 Å². The van der Waals surface area contributed by atoms with Crippen molar-refractivity contribution in [2.75, 3.05) is 7.11 Å².